The minimum Gasteiger partial charge on any atom is -0.493 e. The summed E-state index contributed by atoms with van der Waals surface area (Å²) in [7, 11) is 3.20. The number of hydrogen-bond donors (Lipinski definition) is 1. The molecule has 0 spiro atoms. The molecule has 0 bridgehead atoms. The zero-order chi connectivity index (χ0) is 16.8. The van der Waals surface area contributed by atoms with Crippen LogP contribution in [0.2, 0.25) is 0 Å². The molecule has 1 heterocycles. The van der Waals surface area contributed by atoms with Gasteiger partial charge in [0.2, 0.25) is 5.91 Å². The van der Waals surface area contributed by atoms with Crippen molar-refractivity contribution in [1.82, 2.24) is 4.98 Å². The van der Waals surface area contributed by atoms with Gasteiger partial charge in [-0.05, 0) is 30.0 Å². The predicted molar refractivity (Wildman–Crippen MR) is 92.7 cm³/mol. The van der Waals surface area contributed by atoms with Gasteiger partial charge in [0.05, 0.1) is 19.9 Å². The van der Waals surface area contributed by atoms with Crippen molar-refractivity contribution in [2.24, 2.45) is 0 Å². The second-order valence-electron chi connectivity index (χ2n) is 5.47. The van der Waals surface area contributed by atoms with Crippen LogP contribution in [0.25, 0.3) is 0 Å². The van der Waals surface area contributed by atoms with Crippen molar-refractivity contribution in [1.29, 1.82) is 0 Å². The van der Waals surface area contributed by atoms with E-state index in [1.165, 1.54) is 11.3 Å². The van der Waals surface area contributed by atoms with Crippen LogP contribution in [0.4, 0.5) is 5.13 Å². The number of anilines is 1. The lowest BCUT2D eigenvalue weighted by Crippen LogP contribution is -2.12. The highest BCUT2D eigenvalue weighted by Crippen LogP contribution is 2.28. The Bertz CT molecular complexity index is 668. The van der Waals surface area contributed by atoms with E-state index in [-0.39, 0.29) is 5.91 Å². The van der Waals surface area contributed by atoms with Crippen LogP contribution in [0.5, 0.6) is 11.5 Å². The average molecular weight is 334 g/mol. The molecule has 0 radical (unpaired) electrons. The van der Waals surface area contributed by atoms with Crippen LogP contribution in [-0.4, -0.2) is 25.1 Å². The Kier molecular flexibility index (Phi) is 5.98. The van der Waals surface area contributed by atoms with Crippen LogP contribution in [0.1, 0.15) is 37.4 Å². The number of carbonyl (C=O) groups is 1. The van der Waals surface area contributed by atoms with Crippen molar-refractivity contribution in [2.45, 2.75) is 32.6 Å². The normalized spacial score (nSPS) is 10.7. The Labute approximate surface area is 140 Å². The van der Waals surface area contributed by atoms with Crippen molar-refractivity contribution in [3.63, 3.8) is 0 Å². The van der Waals surface area contributed by atoms with Crippen LogP contribution in [-0.2, 0) is 11.2 Å². The van der Waals surface area contributed by atoms with E-state index in [2.05, 4.69) is 24.1 Å². The Hall–Kier alpha value is -2.08. The standard InChI is InChI=1S/C17H22N2O3S/c1-11(2)13-10-23-17(18-13)19-16(20)8-6-12-5-7-14(21-3)15(9-12)22-4/h5,7,9-11H,6,8H2,1-4H3,(H,18,19,20). The van der Waals surface area contributed by atoms with Gasteiger partial charge in [-0.2, -0.15) is 0 Å². The number of thiazole rings is 1. The van der Waals surface area contributed by atoms with Gasteiger partial charge in [-0.15, -0.1) is 11.3 Å². The first-order valence-electron chi connectivity index (χ1n) is 7.49. The molecule has 2 rings (SSSR count). The van der Waals surface area contributed by atoms with E-state index in [0.717, 1.165) is 11.3 Å². The number of benzene rings is 1. The van der Waals surface area contributed by atoms with Gasteiger partial charge < -0.3 is 14.8 Å². The molecule has 2 aromatic rings. The fraction of sp³-hybridized carbons (Fsp3) is 0.412. The van der Waals surface area contributed by atoms with Crippen LogP contribution < -0.4 is 14.8 Å². The summed E-state index contributed by atoms with van der Waals surface area (Å²) >= 11 is 1.46. The second kappa shape index (κ2) is 7.97. The molecule has 0 saturated heterocycles. The molecule has 23 heavy (non-hydrogen) atoms. The molecule has 0 aliphatic carbocycles. The molecule has 1 aromatic carbocycles. The number of ether oxygens (including phenoxy) is 2. The molecule has 124 valence electrons. The van der Waals surface area contributed by atoms with Crippen molar-refractivity contribution in [3.05, 3.63) is 34.8 Å². The highest BCUT2D eigenvalue weighted by Gasteiger charge is 2.10. The molecule has 0 saturated carbocycles. The van der Waals surface area contributed by atoms with Gasteiger partial charge in [0, 0.05) is 11.8 Å². The number of aromatic nitrogens is 1. The average Bonchev–Trinajstić information content (AvgIpc) is 3.01. The zero-order valence-corrected chi connectivity index (χ0v) is 14.7. The van der Waals surface area contributed by atoms with E-state index >= 15 is 0 Å². The molecule has 0 unspecified atom stereocenters. The number of aryl methyl sites for hydroxylation is 1. The smallest absolute Gasteiger partial charge is 0.226 e. The lowest BCUT2D eigenvalue weighted by atomic mass is 10.1. The van der Waals surface area contributed by atoms with E-state index in [1.807, 2.05) is 23.6 Å². The zero-order valence-electron chi connectivity index (χ0n) is 13.9. The molecule has 6 heteroatoms. The Morgan fingerprint density at radius 1 is 1.26 bits per heavy atom. The van der Waals surface area contributed by atoms with Crippen molar-refractivity contribution in [2.75, 3.05) is 19.5 Å². The van der Waals surface area contributed by atoms with Gasteiger partial charge in [-0.3, -0.25) is 4.79 Å². The fourth-order valence-corrected chi connectivity index (χ4v) is 2.97. The second-order valence-corrected chi connectivity index (χ2v) is 6.33. The van der Waals surface area contributed by atoms with Gasteiger partial charge in [-0.1, -0.05) is 19.9 Å². The molecule has 1 N–H and O–H groups in total. The lowest BCUT2D eigenvalue weighted by Gasteiger charge is -2.09. The minimum atomic E-state index is -0.0376. The number of nitrogens with zero attached hydrogens (tertiary/aromatic N) is 1. The SMILES string of the molecule is COc1ccc(CCC(=O)Nc2nc(C(C)C)cs2)cc1OC. The van der Waals surface area contributed by atoms with E-state index < -0.39 is 0 Å². The van der Waals surface area contributed by atoms with Crippen LogP contribution in [0, 0.1) is 0 Å². The highest BCUT2D eigenvalue weighted by molar-refractivity contribution is 7.13. The number of methoxy groups -OCH3 is 2. The van der Waals surface area contributed by atoms with Gasteiger partial charge in [-0.25, -0.2) is 4.98 Å². The number of carbonyl (C=O) groups excluding carboxylic acids is 1. The summed E-state index contributed by atoms with van der Waals surface area (Å²) < 4.78 is 10.5. The minimum absolute atomic E-state index is 0.0376. The Morgan fingerprint density at radius 2 is 2.00 bits per heavy atom. The molecular formula is C17H22N2O3S. The van der Waals surface area contributed by atoms with Crippen LogP contribution >= 0.6 is 11.3 Å². The van der Waals surface area contributed by atoms with E-state index in [0.29, 0.717) is 35.4 Å². The summed E-state index contributed by atoms with van der Waals surface area (Å²) in [6.45, 7) is 4.16. The molecule has 0 aliphatic rings. The van der Waals surface area contributed by atoms with E-state index in [4.69, 9.17) is 9.47 Å². The summed E-state index contributed by atoms with van der Waals surface area (Å²) in [5, 5.41) is 5.49. The molecule has 5 nitrogen and oxygen atoms in total. The van der Waals surface area contributed by atoms with E-state index in [9.17, 15) is 4.79 Å². The van der Waals surface area contributed by atoms with Crippen LogP contribution in [0.3, 0.4) is 0 Å². The molecule has 1 aromatic heterocycles. The van der Waals surface area contributed by atoms with Crippen LogP contribution in [0.15, 0.2) is 23.6 Å². The number of hydrogen-bond acceptors (Lipinski definition) is 5. The maximum Gasteiger partial charge on any atom is 0.226 e. The fourth-order valence-electron chi connectivity index (χ4n) is 2.08. The molecular weight excluding hydrogens is 312 g/mol. The summed E-state index contributed by atoms with van der Waals surface area (Å²) in [4.78, 5) is 16.4. The summed E-state index contributed by atoms with van der Waals surface area (Å²) in [6, 6.07) is 5.68. The summed E-state index contributed by atoms with van der Waals surface area (Å²) in [6.07, 6.45) is 1.03. The number of rotatable bonds is 7. The first kappa shape index (κ1) is 17.3. The monoisotopic (exact) mass is 334 g/mol. The molecule has 1 amide bonds. The van der Waals surface area contributed by atoms with E-state index in [1.54, 1.807) is 14.2 Å². The first-order valence-corrected chi connectivity index (χ1v) is 8.37. The third kappa shape index (κ3) is 4.69. The first-order chi connectivity index (χ1) is 11.0. The maximum atomic E-state index is 12.0. The summed E-state index contributed by atoms with van der Waals surface area (Å²) in [5.74, 6) is 1.68. The number of amides is 1. The molecule has 0 fully saturated rings. The third-order valence-electron chi connectivity index (χ3n) is 3.45. The summed E-state index contributed by atoms with van der Waals surface area (Å²) in [5.41, 5.74) is 2.03. The molecule has 0 atom stereocenters. The predicted octanol–water partition coefficient (Wildman–Crippen LogP) is 3.86. The van der Waals surface area contributed by atoms with Gasteiger partial charge >= 0.3 is 0 Å². The maximum absolute atomic E-state index is 12.0. The van der Waals surface area contributed by atoms with Gasteiger partial charge in [0.1, 0.15) is 0 Å². The Balaban J connectivity index is 1.91. The van der Waals surface area contributed by atoms with Crippen molar-refractivity contribution < 1.29 is 14.3 Å². The molecule has 0 aliphatic heterocycles. The van der Waals surface area contributed by atoms with Gasteiger partial charge in [0.15, 0.2) is 16.6 Å². The van der Waals surface area contributed by atoms with Crippen molar-refractivity contribution >= 4 is 22.4 Å². The largest absolute Gasteiger partial charge is 0.493 e. The van der Waals surface area contributed by atoms with Gasteiger partial charge in [0.25, 0.3) is 0 Å². The lowest BCUT2D eigenvalue weighted by molar-refractivity contribution is -0.116. The highest BCUT2D eigenvalue weighted by atomic mass is 32.1. The third-order valence-corrected chi connectivity index (χ3v) is 4.22. The van der Waals surface area contributed by atoms with Crippen molar-refractivity contribution in [3.8, 4) is 11.5 Å². The number of nitrogens with one attached hydrogen (secondary N) is 1. The Morgan fingerprint density at radius 3 is 2.61 bits per heavy atom. The topological polar surface area (TPSA) is 60.5 Å². The quantitative estimate of drug-likeness (QED) is 0.835.